The molecule has 0 saturated carbocycles. The van der Waals surface area contributed by atoms with Crippen molar-refractivity contribution in [3.63, 3.8) is 0 Å². The molecule has 0 aliphatic carbocycles. The van der Waals surface area contributed by atoms with Crippen molar-refractivity contribution in [1.29, 1.82) is 0 Å². The van der Waals surface area contributed by atoms with Gasteiger partial charge in [0.25, 0.3) is 0 Å². The SMILES string of the molecule is CC(=O)NCCNC(=O)Cc1nccc2nn(Cc3cc(C)c(OCC(F)(F)C(F)F)cn3)cc12. The monoisotopic (exact) mass is 496 g/mol. The minimum Gasteiger partial charge on any atom is -0.485 e. The predicted octanol–water partition coefficient (Wildman–Crippen LogP) is 2.26. The summed E-state index contributed by atoms with van der Waals surface area (Å²) in [4.78, 5) is 31.5. The summed E-state index contributed by atoms with van der Waals surface area (Å²) in [5, 5.41) is 10.4. The quantitative estimate of drug-likeness (QED) is 0.311. The average molecular weight is 496 g/mol. The molecule has 3 aromatic heterocycles. The molecule has 2 amide bonds. The molecule has 0 radical (unpaired) electrons. The first kappa shape index (κ1) is 25.8. The zero-order valence-corrected chi connectivity index (χ0v) is 19.0. The van der Waals surface area contributed by atoms with E-state index in [1.54, 1.807) is 36.1 Å². The summed E-state index contributed by atoms with van der Waals surface area (Å²) in [6, 6.07) is 3.28. The third-order valence-corrected chi connectivity index (χ3v) is 4.90. The number of pyridine rings is 2. The fourth-order valence-corrected chi connectivity index (χ4v) is 3.17. The van der Waals surface area contributed by atoms with Gasteiger partial charge in [0.05, 0.1) is 36.1 Å². The van der Waals surface area contributed by atoms with E-state index in [0.29, 0.717) is 34.4 Å². The highest BCUT2D eigenvalue weighted by molar-refractivity contribution is 5.86. The van der Waals surface area contributed by atoms with Gasteiger partial charge in [-0.1, -0.05) is 0 Å². The molecule has 0 aliphatic rings. The smallest absolute Gasteiger partial charge is 0.340 e. The van der Waals surface area contributed by atoms with Crippen LogP contribution in [0.2, 0.25) is 0 Å². The Labute approximate surface area is 197 Å². The second kappa shape index (κ2) is 11.1. The molecular weight excluding hydrogens is 472 g/mol. The molecule has 0 spiro atoms. The predicted molar refractivity (Wildman–Crippen MR) is 117 cm³/mol. The van der Waals surface area contributed by atoms with Crippen molar-refractivity contribution < 1.29 is 31.9 Å². The van der Waals surface area contributed by atoms with Crippen LogP contribution in [0, 0.1) is 6.92 Å². The number of nitrogens with one attached hydrogen (secondary N) is 2. The van der Waals surface area contributed by atoms with Crippen LogP contribution in [-0.2, 0) is 22.6 Å². The van der Waals surface area contributed by atoms with E-state index in [4.69, 9.17) is 4.74 Å². The van der Waals surface area contributed by atoms with E-state index >= 15 is 0 Å². The normalized spacial score (nSPS) is 11.6. The molecule has 2 N–H and O–H groups in total. The van der Waals surface area contributed by atoms with Gasteiger partial charge < -0.3 is 15.4 Å². The number of carbonyl (C=O) groups is 2. The Kier molecular flexibility index (Phi) is 8.20. The van der Waals surface area contributed by atoms with E-state index in [1.807, 2.05) is 0 Å². The van der Waals surface area contributed by atoms with Crippen LogP contribution in [0.1, 0.15) is 23.9 Å². The van der Waals surface area contributed by atoms with Crippen LogP contribution in [0.25, 0.3) is 10.9 Å². The highest BCUT2D eigenvalue weighted by Gasteiger charge is 2.41. The van der Waals surface area contributed by atoms with Crippen molar-refractivity contribution in [3.8, 4) is 5.75 Å². The van der Waals surface area contributed by atoms with Crippen LogP contribution in [0.5, 0.6) is 5.75 Å². The van der Waals surface area contributed by atoms with E-state index in [9.17, 15) is 27.2 Å². The Morgan fingerprint density at radius 3 is 2.63 bits per heavy atom. The first-order valence-electron chi connectivity index (χ1n) is 10.6. The maximum absolute atomic E-state index is 13.1. The molecular formula is C22H24F4N6O3. The third-order valence-electron chi connectivity index (χ3n) is 4.90. The first-order chi connectivity index (χ1) is 16.5. The van der Waals surface area contributed by atoms with Crippen LogP contribution in [-0.4, -0.2) is 63.6 Å². The molecule has 0 aromatic carbocycles. The third kappa shape index (κ3) is 7.11. The average Bonchev–Trinajstić information content (AvgIpc) is 3.19. The second-order valence-electron chi connectivity index (χ2n) is 7.82. The van der Waals surface area contributed by atoms with Crippen molar-refractivity contribution in [2.45, 2.75) is 39.2 Å². The minimum absolute atomic E-state index is 0.0179. The van der Waals surface area contributed by atoms with Gasteiger partial charge in [0.1, 0.15) is 5.75 Å². The van der Waals surface area contributed by atoms with Crippen molar-refractivity contribution in [3.05, 3.63) is 47.7 Å². The lowest BCUT2D eigenvalue weighted by Gasteiger charge is -2.17. The summed E-state index contributed by atoms with van der Waals surface area (Å²) in [5.41, 5.74) is 2.13. The number of amides is 2. The standard InChI is InChI=1S/C22H24F4N6O3/c1-13-7-15(30-9-19(13)35-12-22(25,26)21(23)24)10-32-11-16-17(31-32)3-4-28-18(16)8-20(34)29-6-5-27-14(2)33/h3-4,7,9,11,21H,5-6,8,10,12H2,1-2H3,(H,27,33)(H,29,34). The molecule has 0 saturated heterocycles. The summed E-state index contributed by atoms with van der Waals surface area (Å²) in [6.07, 6.45) is 0.665. The molecule has 0 atom stereocenters. The number of halogens is 4. The Balaban J connectivity index is 1.65. The minimum atomic E-state index is -4.26. The number of nitrogens with zero attached hydrogens (tertiary/aromatic N) is 4. The van der Waals surface area contributed by atoms with Crippen molar-refractivity contribution in [2.75, 3.05) is 19.7 Å². The van der Waals surface area contributed by atoms with Crippen molar-refractivity contribution in [1.82, 2.24) is 30.4 Å². The molecule has 35 heavy (non-hydrogen) atoms. The lowest BCUT2D eigenvalue weighted by atomic mass is 10.2. The number of hydrogen-bond acceptors (Lipinski definition) is 6. The van der Waals surface area contributed by atoms with Gasteiger partial charge in [-0.2, -0.15) is 13.9 Å². The summed E-state index contributed by atoms with van der Waals surface area (Å²) < 4.78 is 57.2. The molecule has 188 valence electrons. The van der Waals surface area contributed by atoms with Crippen LogP contribution in [0.15, 0.2) is 30.7 Å². The van der Waals surface area contributed by atoms with Gasteiger partial charge in [-0.05, 0) is 24.6 Å². The topological polar surface area (TPSA) is 111 Å². The molecule has 13 heteroatoms. The van der Waals surface area contributed by atoms with E-state index in [1.165, 1.54) is 13.1 Å². The molecule has 9 nitrogen and oxygen atoms in total. The Morgan fingerprint density at radius 2 is 1.94 bits per heavy atom. The van der Waals surface area contributed by atoms with Crippen LogP contribution in [0.4, 0.5) is 17.6 Å². The summed E-state index contributed by atoms with van der Waals surface area (Å²) in [7, 11) is 0. The van der Waals surface area contributed by atoms with Gasteiger partial charge >= 0.3 is 12.3 Å². The first-order valence-corrected chi connectivity index (χ1v) is 10.6. The summed E-state index contributed by atoms with van der Waals surface area (Å²) >= 11 is 0. The molecule has 0 unspecified atom stereocenters. The summed E-state index contributed by atoms with van der Waals surface area (Å²) in [6.45, 7) is 2.37. The van der Waals surface area contributed by atoms with E-state index < -0.39 is 19.0 Å². The number of aryl methyl sites for hydroxylation is 1. The van der Waals surface area contributed by atoms with Gasteiger partial charge in [0, 0.05) is 37.8 Å². The van der Waals surface area contributed by atoms with E-state index in [-0.39, 0.29) is 37.1 Å². The molecule has 0 fully saturated rings. The lowest BCUT2D eigenvalue weighted by molar-refractivity contribution is -0.148. The molecule has 0 bridgehead atoms. The zero-order chi connectivity index (χ0) is 25.6. The highest BCUT2D eigenvalue weighted by Crippen LogP contribution is 2.26. The molecule has 3 aromatic rings. The summed E-state index contributed by atoms with van der Waals surface area (Å²) in [5.74, 6) is -4.71. The number of rotatable bonds is 11. The highest BCUT2D eigenvalue weighted by atomic mass is 19.3. The maximum atomic E-state index is 13.1. The number of hydrogen-bond donors (Lipinski definition) is 2. The van der Waals surface area contributed by atoms with Gasteiger partial charge in [-0.15, -0.1) is 0 Å². The molecule has 3 heterocycles. The van der Waals surface area contributed by atoms with Crippen LogP contribution in [0.3, 0.4) is 0 Å². The van der Waals surface area contributed by atoms with E-state index in [0.717, 1.165) is 0 Å². The fourth-order valence-electron chi connectivity index (χ4n) is 3.17. The van der Waals surface area contributed by atoms with Crippen LogP contribution < -0.4 is 15.4 Å². The zero-order valence-electron chi connectivity index (χ0n) is 19.0. The Hall–Kier alpha value is -3.77. The second-order valence-corrected chi connectivity index (χ2v) is 7.82. The van der Waals surface area contributed by atoms with Gasteiger partial charge in [-0.25, -0.2) is 8.78 Å². The fraction of sp³-hybridized carbons (Fsp3) is 0.409. The molecule has 3 rings (SSSR count). The number of fused-ring (bicyclic) bond motifs is 1. The number of carbonyl (C=O) groups excluding carboxylic acids is 2. The Bertz CT molecular complexity index is 1200. The van der Waals surface area contributed by atoms with Gasteiger partial charge in [0.2, 0.25) is 11.8 Å². The van der Waals surface area contributed by atoms with E-state index in [2.05, 4.69) is 25.7 Å². The lowest BCUT2D eigenvalue weighted by Crippen LogP contribution is -2.34. The number of alkyl halides is 4. The molecule has 0 aliphatic heterocycles. The van der Waals surface area contributed by atoms with Crippen molar-refractivity contribution >= 4 is 22.7 Å². The van der Waals surface area contributed by atoms with Gasteiger partial charge in [-0.3, -0.25) is 24.2 Å². The number of aromatic nitrogens is 4. The number of ether oxygens (including phenoxy) is 1. The van der Waals surface area contributed by atoms with Crippen molar-refractivity contribution in [2.24, 2.45) is 0 Å². The maximum Gasteiger partial charge on any atom is 0.340 e. The van der Waals surface area contributed by atoms with Crippen LogP contribution >= 0.6 is 0 Å². The van der Waals surface area contributed by atoms with Gasteiger partial charge in [0.15, 0.2) is 6.61 Å². The Morgan fingerprint density at radius 1 is 1.20 bits per heavy atom. The largest absolute Gasteiger partial charge is 0.485 e.